The van der Waals surface area contributed by atoms with Crippen molar-refractivity contribution in [3.63, 3.8) is 0 Å². The molecule has 0 aliphatic rings. The predicted octanol–water partition coefficient (Wildman–Crippen LogP) is 4.19. The van der Waals surface area contributed by atoms with Crippen LogP contribution in [0.1, 0.15) is 84.0 Å². The van der Waals surface area contributed by atoms with Crippen LogP contribution in [0.2, 0.25) is 0 Å². The average Bonchev–Trinajstić information content (AvgIpc) is 2.29. The zero-order chi connectivity index (χ0) is 13.7. The van der Waals surface area contributed by atoms with E-state index in [1.54, 1.807) is 0 Å². The van der Waals surface area contributed by atoms with Gasteiger partial charge in [-0.1, -0.05) is 77.6 Å². The van der Waals surface area contributed by atoms with Crippen molar-refractivity contribution < 1.29 is 13.0 Å². The van der Waals surface area contributed by atoms with Crippen LogP contribution in [0.15, 0.2) is 0 Å². The Kier molecular flexibility index (Phi) is 17.4. The molecule has 0 bridgehead atoms. The molecule has 19 heavy (non-hydrogen) atoms. The topological polar surface area (TPSA) is 54.4 Å². The minimum absolute atomic E-state index is 0. The van der Waals surface area contributed by atoms with Gasteiger partial charge in [-0.3, -0.25) is 4.55 Å². The van der Waals surface area contributed by atoms with Crippen molar-refractivity contribution in [1.29, 1.82) is 0 Å². The van der Waals surface area contributed by atoms with E-state index in [0.29, 0.717) is 6.42 Å². The van der Waals surface area contributed by atoms with Crippen LogP contribution in [0.5, 0.6) is 0 Å². The zero-order valence-electron chi connectivity index (χ0n) is 12.6. The first-order valence-corrected chi connectivity index (χ1v) is 9.12. The van der Waals surface area contributed by atoms with E-state index in [1.165, 1.54) is 57.8 Å². The molecular formula is C14H30MgO3S+2. The molecule has 0 saturated carbocycles. The SMILES string of the molecule is CCCCCCCCCCCCCCS(=O)(=O)O.[Mg+2]. The molecule has 1 N–H and O–H groups in total. The summed E-state index contributed by atoms with van der Waals surface area (Å²) in [7, 11) is -3.74. The van der Waals surface area contributed by atoms with Gasteiger partial charge in [0.25, 0.3) is 10.1 Å². The third-order valence-corrected chi connectivity index (χ3v) is 4.06. The molecule has 0 heterocycles. The van der Waals surface area contributed by atoms with Crippen molar-refractivity contribution in [1.82, 2.24) is 0 Å². The summed E-state index contributed by atoms with van der Waals surface area (Å²) in [6.07, 6.45) is 14.5. The standard InChI is InChI=1S/C14H30O3S.Mg/c1-2-3-4-5-6-7-8-9-10-11-12-13-14-18(15,16)17;/h2-14H2,1H3,(H,15,16,17);/q;+2. The molecule has 0 aromatic heterocycles. The summed E-state index contributed by atoms with van der Waals surface area (Å²) in [5.74, 6) is -0.0789. The quantitative estimate of drug-likeness (QED) is 0.315. The summed E-state index contributed by atoms with van der Waals surface area (Å²) in [4.78, 5) is 0. The number of hydrogen-bond donors (Lipinski definition) is 1. The Balaban J connectivity index is 0. The number of hydrogen-bond acceptors (Lipinski definition) is 2. The minimum atomic E-state index is -3.74. The first kappa shape index (κ1) is 22.0. The van der Waals surface area contributed by atoms with Gasteiger partial charge in [-0.15, -0.1) is 0 Å². The van der Waals surface area contributed by atoms with Crippen LogP contribution in [-0.2, 0) is 10.1 Å². The van der Waals surface area contributed by atoms with E-state index in [1.807, 2.05) is 0 Å². The fraction of sp³-hybridized carbons (Fsp3) is 1.00. The van der Waals surface area contributed by atoms with Crippen LogP contribution in [-0.4, -0.2) is 41.8 Å². The van der Waals surface area contributed by atoms with Gasteiger partial charge in [0.1, 0.15) is 0 Å². The van der Waals surface area contributed by atoms with E-state index in [2.05, 4.69) is 6.92 Å². The molecule has 110 valence electrons. The maximum Gasteiger partial charge on any atom is 2.00 e. The Labute approximate surface area is 135 Å². The van der Waals surface area contributed by atoms with Gasteiger partial charge in [-0.05, 0) is 6.42 Å². The molecule has 0 amide bonds. The fourth-order valence-corrected chi connectivity index (χ4v) is 2.69. The van der Waals surface area contributed by atoms with Crippen molar-refractivity contribution in [2.75, 3.05) is 5.75 Å². The van der Waals surface area contributed by atoms with E-state index in [9.17, 15) is 8.42 Å². The smallest absolute Gasteiger partial charge is 0.286 e. The second-order valence-corrected chi connectivity index (χ2v) is 6.75. The maximum atomic E-state index is 10.5. The summed E-state index contributed by atoms with van der Waals surface area (Å²) in [6.45, 7) is 2.24. The molecule has 0 rings (SSSR count). The van der Waals surface area contributed by atoms with Crippen molar-refractivity contribution in [2.45, 2.75) is 84.0 Å². The molecule has 0 atom stereocenters. The van der Waals surface area contributed by atoms with Gasteiger partial charge in [-0.25, -0.2) is 0 Å². The number of rotatable bonds is 13. The molecule has 0 unspecified atom stereocenters. The summed E-state index contributed by atoms with van der Waals surface area (Å²) < 4.78 is 29.5. The molecule has 0 fully saturated rings. The summed E-state index contributed by atoms with van der Waals surface area (Å²) >= 11 is 0. The van der Waals surface area contributed by atoms with Gasteiger partial charge in [0.05, 0.1) is 5.75 Å². The second kappa shape index (κ2) is 15.1. The molecule has 0 aromatic carbocycles. The zero-order valence-corrected chi connectivity index (χ0v) is 14.8. The van der Waals surface area contributed by atoms with Gasteiger partial charge >= 0.3 is 23.1 Å². The summed E-state index contributed by atoms with van der Waals surface area (Å²) in [6, 6.07) is 0. The summed E-state index contributed by atoms with van der Waals surface area (Å²) in [5.41, 5.74) is 0. The van der Waals surface area contributed by atoms with Crippen molar-refractivity contribution in [3.05, 3.63) is 0 Å². The Bertz CT molecular complexity index is 266. The van der Waals surface area contributed by atoms with Crippen LogP contribution in [0, 0.1) is 0 Å². The van der Waals surface area contributed by atoms with Crippen LogP contribution in [0.4, 0.5) is 0 Å². The average molecular weight is 303 g/mol. The van der Waals surface area contributed by atoms with E-state index >= 15 is 0 Å². The van der Waals surface area contributed by atoms with Gasteiger partial charge in [0.15, 0.2) is 0 Å². The molecule has 0 spiro atoms. The van der Waals surface area contributed by atoms with E-state index < -0.39 is 10.1 Å². The van der Waals surface area contributed by atoms with E-state index in [4.69, 9.17) is 4.55 Å². The van der Waals surface area contributed by atoms with Gasteiger partial charge < -0.3 is 0 Å². The van der Waals surface area contributed by atoms with Crippen molar-refractivity contribution in [3.8, 4) is 0 Å². The third kappa shape index (κ3) is 21.1. The Morgan fingerprint density at radius 3 is 1.32 bits per heavy atom. The predicted molar refractivity (Wildman–Crippen MR) is 83.2 cm³/mol. The molecule has 0 aliphatic carbocycles. The fourth-order valence-electron chi connectivity index (χ4n) is 2.13. The van der Waals surface area contributed by atoms with Crippen LogP contribution in [0.25, 0.3) is 0 Å². The van der Waals surface area contributed by atoms with Gasteiger partial charge in [0, 0.05) is 0 Å². The van der Waals surface area contributed by atoms with Crippen LogP contribution >= 0.6 is 0 Å². The Morgan fingerprint density at radius 2 is 1.00 bits per heavy atom. The maximum absolute atomic E-state index is 10.5. The molecule has 0 aromatic rings. The Morgan fingerprint density at radius 1 is 0.684 bits per heavy atom. The number of unbranched alkanes of at least 4 members (excludes halogenated alkanes) is 11. The molecule has 0 aliphatic heterocycles. The molecule has 3 nitrogen and oxygen atoms in total. The van der Waals surface area contributed by atoms with Gasteiger partial charge in [0.2, 0.25) is 0 Å². The van der Waals surface area contributed by atoms with Crippen LogP contribution < -0.4 is 0 Å². The first-order valence-electron chi connectivity index (χ1n) is 7.51. The second-order valence-electron chi connectivity index (χ2n) is 5.18. The third-order valence-electron chi connectivity index (χ3n) is 3.26. The normalized spacial score (nSPS) is 11.3. The molecule has 0 saturated heterocycles. The molecule has 0 radical (unpaired) electrons. The first-order chi connectivity index (χ1) is 8.56. The van der Waals surface area contributed by atoms with Crippen molar-refractivity contribution >= 4 is 33.2 Å². The monoisotopic (exact) mass is 302 g/mol. The van der Waals surface area contributed by atoms with Crippen LogP contribution in [0.3, 0.4) is 0 Å². The van der Waals surface area contributed by atoms with E-state index in [-0.39, 0.29) is 28.8 Å². The van der Waals surface area contributed by atoms with E-state index in [0.717, 1.165) is 12.8 Å². The largest absolute Gasteiger partial charge is 2.00 e. The molecule has 5 heteroatoms. The Hall–Kier alpha value is 0.676. The van der Waals surface area contributed by atoms with Crippen molar-refractivity contribution in [2.24, 2.45) is 0 Å². The van der Waals surface area contributed by atoms with Gasteiger partial charge in [-0.2, -0.15) is 8.42 Å². The summed E-state index contributed by atoms with van der Waals surface area (Å²) in [5, 5.41) is 0. The minimum Gasteiger partial charge on any atom is -0.286 e. The molecular weight excluding hydrogens is 273 g/mol.